The molecule has 0 saturated heterocycles. The lowest BCUT2D eigenvalue weighted by atomic mass is 10.2. The summed E-state index contributed by atoms with van der Waals surface area (Å²) in [4.78, 5) is 24.3. The summed E-state index contributed by atoms with van der Waals surface area (Å²) in [5.41, 5.74) is 2.54. The first kappa shape index (κ1) is 15.7. The minimum absolute atomic E-state index is 0.170. The number of hydrogen-bond donors (Lipinski definition) is 1. The molecule has 3 heterocycles. The molecule has 0 aliphatic carbocycles. The van der Waals surface area contributed by atoms with Crippen molar-refractivity contribution in [3.8, 4) is 11.6 Å². The van der Waals surface area contributed by atoms with E-state index in [1.54, 1.807) is 6.07 Å². The van der Waals surface area contributed by atoms with Gasteiger partial charge in [-0.1, -0.05) is 29.5 Å². The summed E-state index contributed by atoms with van der Waals surface area (Å²) in [7, 11) is 0. The zero-order chi connectivity index (χ0) is 18.4. The van der Waals surface area contributed by atoms with Crippen LogP contribution in [0.15, 0.2) is 53.2 Å². The highest BCUT2D eigenvalue weighted by Crippen LogP contribution is 2.37. The number of nitrogens with zero attached hydrogens (tertiary/aromatic N) is 3. The highest BCUT2D eigenvalue weighted by Gasteiger charge is 2.17. The predicted molar refractivity (Wildman–Crippen MR) is 103 cm³/mol. The van der Waals surface area contributed by atoms with E-state index in [4.69, 9.17) is 9.15 Å². The molecule has 0 atom stereocenters. The summed E-state index contributed by atoms with van der Waals surface area (Å²) >= 11 is 1.38. The van der Waals surface area contributed by atoms with Crippen LogP contribution in [0.1, 0.15) is 6.92 Å². The minimum Gasteiger partial charge on any atom is -0.449 e. The van der Waals surface area contributed by atoms with Crippen LogP contribution in [0.25, 0.3) is 32.3 Å². The summed E-state index contributed by atoms with van der Waals surface area (Å²) in [5, 5.41) is 4.12. The van der Waals surface area contributed by atoms with E-state index in [1.165, 1.54) is 24.6 Å². The van der Waals surface area contributed by atoms with E-state index in [2.05, 4.69) is 20.3 Å². The number of amides is 1. The molecule has 1 amide bonds. The van der Waals surface area contributed by atoms with E-state index in [0.717, 1.165) is 15.7 Å². The normalized spacial score (nSPS) is 11.3. The summed E-state index contributed by atoms with van der Waals surface area (Å²) < 4.78 is 12.8. The van der Waals surface area contributed by atoms with Crippen LogP contribution in [-0.2, 0) is 4.79 Å². The number of hydrogen-bond acceptors (Lipinski definition) is 7. The van der Waals surface area contributed by atoms with E-state index >= 15 is 0 Å². The minimum atomic E-state index is -0.170. The van der Waals surface area contributed by atoms with Crippen LogP contribution in [0.2, 0.25) is 0 Å². The van der Waals surface area contributed by atoms with Gasteiger partial charge in [0.1, 0.15) is 22.9 Å². The number of furan rings is 1. The molecule has 0 saturated carbocycles. The topological polar surface area (TPSA) is 90.1 Å². The Bertz CT molecular complexity index is 1320. The maximum absolute atomic E-state index is 11.3. The van der Waals surface area contributed by atoms with Gasteiger partial charge in [-0.25, -0.2) is 9.97 Å². The second kappa shape index (κ2) is 6.03. The summed E-state index contributed by atoms with van der Waals surface area (Å²) in [6.07, 6.45) is 1.45. The summed E-state index contributed by atoms with van der Waals surface area (Å²) in [6.45, 7) is 1.45. The molecule has 0 aliphatic heterocycles. The molecular formula is C19H12N4O3S. The maximum atomic E-state index is 11.3. The van der Waals surface area contributed by atoms with Gasteiger partial charge in [-0.3, -0.25) is 4.79 Å². The smallest absolute Gasteiger partial charge is 0.267 e. The fourth-order valence-corrected chi connectivity index (χ4v) is 3.82. The third-order valence-electron chi connectivity index (χ3n) is 4.00. The Morgan fingerprint density at radius 2 is 2.00 bits per heavy atom. The Morgan fingerprint density at radius 1 is 1.11 bits per heavy atom. The fraction of sp³-hybridized carbons (Fsp3) is 0.0526. The molecule has 0 aliphatic rings. The zero-order valence-corrected chi connectivity index (χ0v) is 14.9. The average Bonchev–Trinajstić information content (AvgIpc) is 3.23. The number of carbonyl (C=O) groups excluding carboxylic acids is 1. The summed E-state index contributed by atoms with van der Waals surface area (Å²) in [6, 6.07) is 13.2. The third kappa shape index (κ3) is 2.67. The van der Waals surface area contributed by atoms with Crippen LogP contribution in [0, 0.1) is 0 Å². The highest BCUT2D eigenvalue weighted by molar-refractivity contribution is 7.22. The second-order valence-electron chi connectivity index (χ2n) is 5.86. The van der Waals surface area contributed by atoms with E-state index in [-0.39, 0.29) is 5.91 Å². The van der Waals surface area contributed by atoms with E-state index in [1.807, 2.05) is 36.4 Å². The quantitative estimate of drug-likeness (QED) is 0.489. The van der Waals surface area contributed by atoms with Gasteiger partial charge in [0.15, 0.2) is 10.9 Å². The molecule has 0 unspecified atom stereocenters. The molecule has 0 bridgehead atoms. The number of benzene rings is 2. The molecule has 3 aromatic heterocycles. The Morgan fingerprint density at radius 3 is 2.89 bits per heavy atom. The van der Waals surface area contributed by atoms with Crippen LogP contribution in [-0.4, -0.2) is 20.9 Å². The van der Waals surface area contributed by atoms with E-state index < -0.39 is 0 Å². The molecule has 7 nitrogen and oxygen atoms in total. The Hall–Kier alpha value is -3.52. The second-order valence-corrected chi connectivity index (χ2v) is 6.89. The SMILES string of the molecule is CC(=O)Nc1nc2c(Oc3ncnc4c3oc3ccccc34)cccc2s1. The van der Waals surface area contributed by atoms with E-state index in [9.17, 15) is 4.79 Å². The Kier molecular flexibility index (Phi) is 3.51. The van der Waals surface area contributed by atoms with Crippen LogP contribution in [0.5, 0.6) is 11.6 Å². The monoisotopic (exact) mass is 376 g/mol. The van der Waals surface area contributed by atoms with Crippen molar-refractivity contribution in [2.24, 2.45) is 0 Å². The molecule has 27 heavy (non-hydrogen) atoms. The largest absolute Gasteiger partial charge is 0.449 e. The highest BCUT2D eigenvalue weighted by atomic mass is 32.1. The molecule has 0 fully saturated rings. The molecule has 2 aromatic carbocycles. The van der Waals surface area contributed by atoms with Gasteiger partial charge in [-0.05, 0) is 24.3 Å². The number of nitrogens with one attached hydrogen (secondary N) is 1. The van der Waals surface area contributed by atoms with Crippen LogP contribution in [0.4, 0.5) is 5.13 Å². The standard InChI is InChI=1S/C19H12N4O3S/c1-10(24)22-19-23-16-13(7-4-8-14(16)27-19)26-18-17-15(20-9-21-18)11-5-2-3-6-12(11)25-17/h2-9H,1H3,(H,22,23,24). The first-order chi connectivity index (χ1) is 13.2. The van der Waals surface area contributed by atoms with Crippen molar-refractivity contribution in [3.05, 3.63) is 48.8 Å². The van der Waals surface area contributed by atoms with Crippen LogP contribution >= 0.6 is 11.3 Å². The Balaban J connectivity index is 1.63. The van der Waals surface area contributed by atoms with Crippen molar-refractivity contribution in [1.82, 2.24) is 15.0 Å². The van der Waals surface area contributed by atoms with Gasteiger partial charge in [0.2, 0.25) is 11.5 Å². The number of carbonyl (C=O) groups is 1. The molecule has 5 rings (SSSR count). The number of fused-ring (bicyclic) bond motifs is 4. The van der Waals surface area contributed by atoms with Crippen LogP contribution in [0.3, 0.4) is 0 Å². The fourth-order valence-electron chi connectivity index (χ4n) is 2.89. The van der Waals surface area contributed by atoms with Crippen LogP contribution < -0.4 is 10.1 Å². The van der Waals surface area contributed by atoms with Crippen molar-refractivity contribution in [1.29, 1.82) is 0 Å². The van der Waals surface area contributed by atoms with Crippen molar-refractivity contribution < 1.29 is 13.9 Å². The predicted octanol–water partition coefficient (Wildman–Crippen LogP) is 4.74. The van der Waals surface area contributed by atoms with Crippen molar-refractivity contribution in [3.63, 3.8) is 0 Å². The molecule has 0 radical (unpaired) electrons. The average molecular weight is 376 g/mol. The van der Waals surface area contributed by atoms with Gasteiger partial charge < -0.3 is 14.5 Å². The number of anilines is 1. The molecule has 1 N–H and O–H groups in total. The van der Waals surface area contributed by atoms with Crippen molar-refractivity contribution in [2.45, 2.75) is 6.92 Å². The Labute approximate surface area is 156 Å². The molecule has 8 heteroatoms. The molecule has 0 spiro atoms. The van der Waals surface area contributed by atoms with Gasteiger partial charge in [-0.2, -0.15) is 4.98 Å². The number of thiazole rings is 1. The lowest BCUT2D eigenvalue weighted by molar-refractivity contribution is -0.114. The zero-order valence-electron chi connectivity index (χ0n) is 14.1. The molecule has 5 aromatic rings. The third-order valence-corrected chi connectivity index (χ3v) is 4.93. The summed E-state index contributed by atoms with van der Waals surface area (Å²) in [5.74, 6) is 0.676. The van der Waals surface area contributed by atoms with Gasteiger partial charge in [-0.15, -0.1) is 0 Å². The van der Waals surface area contributed by atoms with Crippen molar-refractivity contribution >= 4 is 54.7 Å². The molecular weight excluding hydrogens is 364 g/mol. The number of para-hydroxylation sites is 2. The molecule has 132 valence electrons. The van der Waals surface area contributed by atoms with Gasteiger partial charge in [0.25, 0.3) is 5.88 Å². The lowest BCUT2D eigenvalue weighted by Gasteiger charge is -2.05. The van der Waals surface area contributed by atoms with Gasteiger partial charge in [0.05, 0.1) is 4.70 Å². The first-order valence-corrected chi connectivity index (χ1v) is 8.98. The first-order valence-electron chi connectivity index (χ1n) is 8.16. The van der Waals surface area contributed by atoms with Gasteiger partial charge >= 0.3 is 0 Å². The lowest BCUT2D eigenvalue weighted by Crippen LogP contribution is -2.04. The number of ether oxygens (including phenoxy) is 1. The van der Waals surface area contributed by atoms with Crippen molar-refractivity contribution in [2.75, 3.05) is 5.32 Å². The van der Waals surface area contributed by atoms with Gasteiger partial charge in [0, 0.05) is 12.3 Å². The van der Waals surface area contributed by atoms with E-state index in [0.29, 0.717) is 33.4 Å². The number of rotatable bonds is 3. The number of aromatic nitrogens is 3. The maximum Gasteiger partial charge on any atom is 0.267 e.